The van der Waals surface area contributed by atoms with Crippen LogP contribution in [-0.4, -0.2) is 54.7 Å². The monoisotopic (exact) mass is 627 g/mol. The average molecular weight is 626 g/mol. The Morgan fingerprint density at radius 3 is 2.41 bits per heavy atom. The number of aryl methyl sites for hydroxylation is 1. The third-order valence-electron chi connectivity index (χ3n) is 5.12. The zero-order chi connectivity index (χ0) is 24.6. The molecule has 0 aliphatic carbocycles. The predicted molar refractivity (Wildman–Crippen MR) is 115 cm³/mol. The number of carbonyl (C=O) groups excluding carboxylic acids is 1. The van der Waals surface area contributed by atoms with Crippen molar-refractivity contribution < 1.29 is 40.1 Å². The molecule has 32 heavy (non-hydrogen) atoms. The summed E-state index contributed by atoms with van der Waals surface area (Å²) in [5, 5.41) is 0. The van der Waals surface area contributed by atoms with Crippen LogP contribution in [-0.2, 0) is 28.5 Å². The van der Waals surface area contributed by atoms with Crippen molar-refractivity contribution in [3.8, 4) is 11.1 Å². The van der Waals surface area contributed by atoms with Crippen molar-refractivity contribution in [2.45, 2.75) is 38.5 Å². The summed E-state index contributed by atoms with van der Waals surface area (Å²) in [5.74, 6) is -1.15. The third kappa shape index (κ3) is 6.23. The van der Waals surface area contributed by atoms with Crippen LogP contribution in [0, 0.1) is 25.5 Å². The van der Waals surface area contributed by atoms with E-state index < -0.39 is 35.9 Å². The van der Waals surface area contributed by atoms with E-state index in [4.69, 9.17) is 9.27 Å². The number of nitrogens with zero attached hydrogens (tertiary/aromatic N) is 2. The number of alkyl halides is 1. The van der Waals surface area contributed by atoms with Crippen molar-refractivity contribution in [1.29, 1.82) is 0 Å². The fourth-order valence-corrected chi connectivity index (χ4v) is 3.60. The van der Waals surface area contributed by atoms with Crippen LogP contribution >= 0.6 is 0 Å². The Bertz CT molecular complexity index is 914. The molecular formula is C23H28F3N3O2Os-2. The number of amides is 2. The van der Waals surface area contributed by atoms with Gasteiger partial charge in [0.2, 0.25) is 0 Å². The number of likely N-dealkylation sites (tertiary alicyclic amines) is 1. The Balaban J connectivity index is 0.00000121. The van der Waals surface area contributed by atoms with E-state index in [1.165, 1.54) is 28.0 Å². The van der Waals surface area contributed by atoms with Gasteiger partial charge >= 0.3 is 28.1 Å². The fraction of sp³-hybridized carbons (Fsp3) is 0.391. The second-order valence-corrected chi connectivity index (χ2v) is 7.40. The van der Waals surface area contributed by atoms with Gasteiger partial charge in [0.1, 0.15) is 17.8 Å². The van der Waals surface area contributed by atoms with Crippen LogP contribution in [0.2, 0.25) is 0 Å². The van der Waals surface area contributed by atoms with Crippen LogP contribution in [0.4, 0.5) is 18.0 Å². The van der Waals surface area contributed by atoms with Gasteiger partial charge in [-0.25, -0.2) is 18.0 Å². The molecule has 5 nitrogen and oxygen atoms in total. The molecule has 1 N–H and O–H groups in total. The normalized spacial score (nSPS) is 19.4. The Hall–Kier alpha value is -2.10. The molecule has 178 valence electrons. The van der Waals surface area contributed by atoms with Crippen molar-refractivity contribution in [3.63, 3.8) is 0 Å². The van der Waals surface area contributed by atoms with Gasteiger partial charge in [-0.3, -0.25) is 0 Å². The molecule has 2 amide bonds. The van der Waals surface area contributed by atoms with E-state index in [1.807, 2.05) is 0 Å². The molecule has 0 saturated carbocycles. The summed E-state index contributed by atoms with van der Waals surface area (Å²) in [6.45, 7) is 6.60. The quantitative estimate of drug-likeness (QED) is 0.434. The summed E-state index contributed by atoms with van der Waals surface area (Å²) < 4.78 is 51.9. The van der Waals surface area contributed by atoms with Crippen molar-refractivity contribution in [2.75, 3.05) is 20.6 Å². The molecule has 1 aliphatic heterocycles. The van der Waals surface area contributed by atoms with Gasteiger partial charge in [-0.2, -0.15) is 6.92 Å². The fourth-order valence-electron chi connectivity index (χ4n) is 3.60. The van der Waals surface area contributed by atoms with E-state index in [0.717, 1.165) is 5.56 Å². The van der Waals surface area contributed by atoms with E-state index in [0.29, 0.717) is 18.6 Å². The van der Waals surface area contributed by atoms with Crippen molar-refractivity contribution >= 4 is 6.03 Å². The van der Waals surface area contributed by atoms with Crippen LogP contribution in [0.1, 0.15) is 18.1 Å². The number of urea groups is 1. The van der Waals surface area contributed by atoms with Gasteiger partial charge in [-0.15, -0.1) is 0 Å². The summed E-state index contributed by atoms with van der Waals surface area (Å²) in [6.07, 6.45) is -1.50. The molecule has 3 atom stereocenters. The number of nitrogens with one attached hydrogen (secondary N) is 1. The second-order valence-electron chi connectivity index (χ2n) is 7.40. The first-order valence-corrected chi connectivity index (χ1v) is 11.0. The molecule has 2 aromatic carbocycles. The number of halogens is 3. The van der Waals surface area contributed by atoms with Crippen LogP contribution in [0.5, 0.6) is 0 Å². The summed E-state index contributed by atoms with van der Waals surface area (Å²) in [7, 11) is 3.09. The Labute approximate surface area is 198 Å². The maximum absolute atomic E-state index is 15.2. The molecular weight excluding hydrogens is 597 g/mol. The molecule has 1 fully saturated rings. The van der Waals surface area contributed by atoms with Crippen LogP contribution in [0.3, 0.4) is 0 Å². The topological polar surface area (TPSA) is 64.4 Å². The number of hydrogen-bond acceptors (Lipinski definition) is 2. The number of hydrogen-bond donors (Lipinski definition) is 0. The standard InChI is InChI=1S/C21H23F3N3O.C2H5.O.Os/c1-12-7-8-16(22)15(9-12)14-6-4-5-13(19(14)24)10-18-20(25)17(23)11-27(18)21(28)26(2)3;1-2;;/h4-9,17-18,20,25H,10-11H2,1-3H3;1H2,2H3;;/q2*-1;;/t17-,18-,20-;;;/m0.../s1. The Morgan fingerprint density at radius 1 is 1.19 bits per heavy atom. The van der Waals surface area contributed by atoms with Gasteiger partial charge in [0.15, 0.2) is 0 Å². The van der Waals surface area contributed by atoms with E-state index in [2.05, 4.69) is 6.92 Å². The van der Waals surface area contributed by atoms with E-state index in [-0.39, 0.29) is 29.7 Å². The van der Waals surface area contributed by atoms with Crippen LogP contribution in [0.15, 0.2) is 36.4 Å². The molecule has 1 heterocycles. The minimum absolute atomic E-state index is 0.0126. The van der Waals surface area contributed by atoms with Gasteiger partial charge in [0.05, 0.1) is 6.54 Å². The Kier molecular flexibility index (Phi) is 11.2. The average Bonchev–Trinajstić information content (AvgIpc) is 3.07. The molecule has 0 unspecified atom stereocenters. The van der Waals surface area contributed by atoms with Crippen LogP contribution < -0.4 is 0 Å². The number of carbonyl (C=O) groups is 1. The first-order chi connectivity index (χ1) is 15.2. The molecule has 9 heteroatoms. The summed E-state index contributed by atoms with van der Waals surface area (Å²) in [6, 6.07) is 6.72. The second kappa shape index (κ2) is 12.8. The molecule has 0 spiro atoms. The SMILES string of the molecule is Cc1ccc(F)c(-c2cccc(C[C@H]3[C@@H]([NH-])[C@@H](F)CN3C(=O)N(C)C)c2F)c1.[CH2-]C.[O]=[Os]. The van der Waals surface area contributed by atoms with Crippen molar-refractivity contribution in [1.82, 2.24) is 9.80 Å². The van der Waals surface area contributed by atoms with E-state index in [1.54, 1.807) is 46.1 Å². The first-order valence-electron chi connectivity index (χ1n) is 9.93. The molecule has 0 aromatic heterocycles. The Morgan fingerprint density at radius 2 is 1.81 bits per heavy atom. The van der Waals surface area contributed by atoms with E-state index >= 15 is 4.39 Å². The van der Waals surface area contributed by atoms with Crippen LogP contribution in [0.25, 0.3) is 16.9 Å². The van der Waals surface area contributed by atoms with Gasteiger partial charge < -0.3 is 22.5 Å². The maximum atomic E-state index is 15.2. The van der Waals surface area contributed by atoms with Gasteiger partial charge in [0, 0.05) is 31.3 Å². The number of benzene rings is 2. The molecule has 3 rings (SSSR count). The number of rotatable bonds is 3. The first kappa shape index (κ1) is 27.9. The van der Waals surface area contributed by atoms with Crippen molar-refractivity contribution in [2.24, 2.45) is 0 Å². The van der Waals surface area contributed by atoms with Gasteiger partial charge in [-0.05, 0) is 31.0 Å². The third-order valence-corrected chi connectivity index (χ3v) is 5.12. The molecule has 2 aromatic rings. The zero-order valence-corrected chi connectivity index (χ0v) is 21.1. The zero-order valence-electron chi connectivity index (χ0n) is 18.5. The predicted octanol–water partition coefficient (Wildman–Crippen LogP) is 5.33. The molecule has 1 saturated heterocycles. The van der Waals surface area contributed by atoms with Gasteiger partial charge in [-0.1, -0.05) is 35.9 Å². The summed E-state index contributed by atoms with van der Waals surface area (Å²) in [5.41, 5.74) is 9.38. The van der Waals surface area contributed by atoms with E-state index in [9.17, 15) is 13.6 Å². The summed E-state index contributed by atoms with van der Waals surface area (Å²) >= 11 is 0.611. The summed E-state index contributed by atoms with van der Waals surface area (Å²) in [4.78, 5) is 14.9. The minimum atomic E-state index is -1.49. The molecule has 0 bridgehead atoms. The van der Waals surface area contributed by atoms with Crippen molar-refractivity contribution in [3.05, 3.63) is 71.8 Å². The van der Waals surface area contributed by atoms with Gasteiger partial charge in [0.25, 0.3) is 0 Å². The molecule has 0 radical (unpaired) electrons. The molecule has 1 aliphatic rings.